The number of carbonyl (C=O) groups is 1. The minimum absolute atomic E-state index is 0. The summed E-state index contributed by atoms with van der Waals surface area (Å²) in [5, 5.41) is 3.84. The van der Waals surface area contributed by atoms with E-state index in [-0.39, 0.29) is 70.6 Å². The molecule has 5 aromatic rings. The Labute approximate surface area is 298 Å². The number of aryl methyl sites for hydroxylation is 2. The SMILES string of the molecule is CCCc1nc(C)n(-c2ccc3c(c2)C(=O)CC(C)(C)O3)c(=O)c1Cc1ccc(-c2ccccc2-c2noc(=O)[nH]2)cc1.[H-].[K+]. The Morgan fingerprint density at radius 2 is 1.70 bits per heavy atom. The van der Waals surface area contributed by atoms with Gasteiger partial charge in [0.05, 0.1) is 23.4 Å². The van der Waals surface area contributed by atoms with Crippen molar-refractivity contribution in [2.24, 2.45) is 0 Å². The number of aromatic nitrogens is 4. The molecule has 0 radical (unpaired) electrons. The predicted molar refractivity (Wildman–Crippen MR) is 164 cm³/mol. The zero-order chi connectivity index (χ0) is 30.3. The molecular weight excluding hydrogens is 583 g/mol. The molecule has 6 rings (SSSR count). The van der Waals surface area contributed by atoms with Crippen LogP contribution in [0.25, 0.3) is 28.2 Å². The van der Waals surface area contributed by atoms with Crippen molar-refractivity contribution in [2.45, 2.75) is 59.0 Å². The van der Waals surface area contributed by atoms with Crippen molar-refractivity contribution in [3.8, 4) is 34.0 Å². The van der Waals surface area contributed by atoms with Gasteiger partial charge in [0, 0.05) is 17.5 Å². The van der Waals surface area contributed by atoms with Crippen LogP contribution in [0.1, 0.15) is 68.0 Å². The van der Waals surface area contributed by atoms with Crippen LogP contribution >= 0.6 is 0 Å². The van der Waals surface area contributed by atoms with Gasteiger partial charge in [-0.15, -0.1) is 0 Å². The van der Waals surface area contributed by atoms with Crippen LogP contribution in [-0.2, 0) is 12.8 Å². The van der Waals surface area contributed by atoms with E-state index in [2.05, 4.69) is 17.1 Å². The van der Waals surface area contributed by atoms with Crippen molar-refractivity contribution in [3.05, 3.63) is 116 Å². The Kier molecular flexibility index (Phi) is 9.38. The summed E-state index contributed by atoms with van der Waals surface area (Å²) in [4.78, 5) is 46.0. The van der Waals surface area contributed by atoms with E-state index in [0.29, 0.717) is 47.1 Å². The van der Waals surface area contributed by atoms with Gasteiger partial charge in [0.1, 0.15) is 17.2 Å². The van der Waals surface area contributed by atoms with E-state index in [1.54, 1.807) is 22.8 Å². The Hall–Kier alpha value is -3.41. The van der Waals surface area contributed by atoms with E-state index in [0.717, 1.165) is 34.4 Å². The van der Waals surface area contributed by atoms with Gasteiger partial charge < -0.3 is 6.16 Å². The summed E-state index contributed by atoms with van der Waals surface area (Å²) in [6.45, 7) is 7.67. The predicted octanol–water partition coefficient (Wildman–Crippen LogP) is 2.95. The van der Waals surface area contributed by atoms with Gasteiger partial charge in [0.15, 0.2) is 11.6 Å². The first-order valence-electron chi connectivity index (χ1n) is 14.4. The molecule has 1 N–H and O–H groups in total. The van der Waals surface area contributed by atoms with Crippen molar-refractivity contribution in [2.75, 3.05) is 0 Å². The van der Waals surface area contributed by atoms with Crippen LogP contribution in [-0.4, -0.2) is 31.1 Å². The number of H-pyrrole nitrogens is 1. The summed E-state index contributed by atoms with van der Waals surface area (Å²) < 4.78 is 12.3. The molecular formula is C34H33KN4O5. The average molecular weight is 617 g/mol. The normalized spacial score (nSPS) is 13.6. The standard InChI is InChI=1S/C34H32N4O5.K.H/c1-5-8-28-26(17-21-11-13-22(14-12-21)24-9-6-7-10-25(24)31-36-33(41)43-37-31)32(40)38(20(2)35-28)23-15-16-30-27(18-23)29(39)19-34(3,4)42-30;;/h6-7,9-16,18H,5,8,17,19H2,1-4H3,(H,36,37,41);;/q;+1;-1. The van der Waals surface area contributed by atoms with Gasteiger partial charge in [0.2, 0.25) is 0 Å². The second-order valence-electron chi connectivity index (χ2n) is 11.5. The number of ketones is 1. The van der Waals surface area contributed by atoms with Gasteiger partial charge in [-0.3, -0.25) is 23.7 Å². The number of ether oxygens (including phenoxy) is 1. The number of carbonyl (C=O) groups excluding carboxylic acids is 1. The number of Topliss-reactive ketones (excluding diaryl/α,β-unsaturated/α-hetero) is 1. The van der Waals surface area contributed by atoms with Crippen molar-refractivity contribution in [3.63, 3.8) is 0 Å². The molecule has 10 heteroatoms. The van der Waals surface area contributed by atoms with Crippen molar-refractivity contribution < 1.29 is 66.9 Å². The minimum Gasteiger partial charge on any atom is -1.00 e. The summed E-state index contributed by atoms with van der Waals surface area (Å²) in [7, 11) is 0. The summed E-state index contributed by atoms with van der Waals surface area (Å²) in [5.41, 5.74) is 5.28. The second-order valence-corrected chi connectivity index (χ2v) is 11.5. The molecule has 3 heterocycles. The quantitative estimate of drug-likeness (QED) is 0.279. The molecule has 1 aliphatic rings. The first kappa shape index (κ1) is 32.0. The number of aromatic amines is 1. The number of fused-ring (bicyclic) bond motifs is 1. The van der Waals surface area contributed by atoms with Crippen LogP contribution in [0.4, 0.5) is 0 Å². The summed E-state index contributed by atoms with van der Waals surface area (Å²) in [5.74, 6) is 0.840. The van der Waals surface area contributed by atoms with Crippen molar-refractivity contribution in [1.82, 2.24) is 19.7 Å². The molecule has 9 nitrogen and oxygen atoms in total. The smallest absolute Gasteiger partial charge is 1.00 e. The van der Waals surface area contributed by atoms with Gasteiger partial charge in [-0.2, -0.15) is 0 Å². The maximum absolute atomic E-state index is 14.1. The first-order chi connectivity index (χ1) is 20.6. The van der Waals surface area contributed by atoms with Gasteiger partial charge in [0.25, 0.3) is 5.56 Å². The third-order valence-electron chi connectivity index (χ3n) is 7.68. The molecule has 220 valence electrons. The maximum Gasteiger partial charge on any atom is 1.00 e. The molecule has 0 spiro atoms. The zero-order valence-electron chi connectivity index (χ0n) is 26.6. The molecule has 0 atom stereocenters. The summed E-state index contributed by atoms with van der Waals surface area (Å²) in [6.07, 6.45) is 2.21. The molecule has 0 amide bonds. The summed E-state index contributed by atoms with van der Waals surface area (Å²) >= 11 is 0. The Morgan fingerprint density at radius 1 is 0.977 bits per heavy atom. The Balaban J connectivity index is 0.00000230. The van der Waals surface area contributed by atoms with Crippen molar-refractivity contribution >= 4 is 5.78 Å². The molecule has 0 fully saturated rings. The largest absolute Gasteiger partial charge is 1.00 e. The monoisotopic (exact) mass is 616 g/mol. The molecule has 1 aliphatic heterocycles. The van der Waals surface area contributed by atoms with Crippen LogP contribution in [0.2, 0.25) is 0 Å². The fourth-order valence-corrected chi connectivity index (χ4v) is 5.72. The van der Waals surface area contributed by atoms with E-state index in [4.69, 9.17) is 14.2 Å². The number of nitrogens with one attached hydrogen (secondary N) is 1. The van der Waals surface area contributed by atoms with E-state index < -0.39 is 11.4 Å². The van der Waals surface area contributed by atoms with E-state index in [1.165, 1.54) is 0 Å². The Bertz CT molecular complexity index is 1980. The number of benzene rings is 3. The molecule has 0 unspecified atom stereocenters. The van der Waals surface area contributed by atoms with Crippen LogP contribution in [0.3, 0.4) is 0 Å². The van der Waals surface area contributed by atoms with E-state index >= 15 is 0 Å². The van der Waals surface area contributed by atoms with Crippen molar-refractivity contribution in [1.29, 1.82) is 0 Å². The second kappa shape index (κ2) is 12.9. The van der Waals surface area contributed by atoms with Crippen LogP contribution < -0.4 is 67.4 Å². The molecule has 0 bridgehead atoms. The minimum atomic E-state index is -0.611. The van der Waals surface area contributed by atoms with Crippen LogP contribution in [0, 0.1) is 6.92 Å². The van der Waals surface area contributed by atoms with Crippen LogP contribution in [0.15, 0.2) is 80.8 Å². The van der Waals surface area contributed by atoms with Gasteiger partial charge in [-0.1, -0.05) is 67.0 Å². The number of hydrogen-bond donors (Lipinski definition) is 1. The number of nitrogens with zero attached hydrogens (tertiary/aromatic N) is 3. The maximum atomic E-state index is 14.1. The third-order valence-corrected chi connectivity index (χ3v) is 7.68. The molecule has 0 saturated heterocycles. The average Bonchev–Trinajstić information content (AvgIpc) is 3.41. The van der Waals surface area contributed by atoms with E-state index in [1.807, 2.05) is 69.3 Å². The number of rotatable bonds is 7. The fourth-order valence-electron chi connectivity index (χ4n) is 5.72. The Morgan fingerprint density at radius 3 is 2.39 bits per heavy atom. The van der Waals surface area contributed by atoms with Gasteiger partial charge >= 0.3 is 57.1 Å². The van der Waals surface area contributed by atoms with Gasteiger partial charge in [-0.25, -0.2) is 9.78 Å². The third kappa shape index (κ3) is 6.36. The molecule has 2 aromatic heterocycles. The molecule has 3 aromatic carbocycles. The fraction of sp³-hybridized carbons (Fsp3) is 0.265. The topological polar surface area (TPSA) is 120 Å². The van der Waals surface area contributed by atoms with Gasteiger partial charge in [-0.05, 0) is 62.1 Å². The number of hydrogen-bond acceptors (Lipinski definition) is 7. The summed E-state index contributed by atoms with van der Waals surface area (Å²) in [6, 6.07) is 20.9. The first-order valence-corrected chi connectivity index (χ1v) is 14.4. The molecule has 44 heavy (non-hydrogen) atoms. The molecule has 0 aliphatic carbocycles. The zero-order valence-corrected chi connectivity index (χ0v) is 28.7. The van der Waals surface area contributed by atoms with E-state index in [9.17, 15) is 14.4 Å². The molecule has 0 saturated carbocycles. The van der Waals surface area contributed by atoms with Crippen LogP contribution in [0.5, 0.6) is 5.75 Å².